The van der Waals surface area contributed by atoms with Gasteiger partial charge < -0.3 is 15.4 Å². The smallest absolute Gasteiger partial charge is 0.252 e. The molecule has 5 heteroatoms. The molecular formula is C23H25N3O2. The zero-order valence-corrected chi connectivity index (χ0v) is 16.0. The second kappa shape index (κ2) is 10.1. The summed E-state index contributed by atoms with van der Waals surface area (Å²) in [5, 5.41) is 6.17. The number of amides is 1. The van der Waals surface area contributed by atoms with Gasteiger partial charge in [-0.1, -0.05) is 42.5 Å². The number of carbonyl (C=O) groups is 1. The Morgan fingerprint density at radius 1 is 1.00 bits per heavy atom. The molecule has 1 amide bonds. The van der Waals surface area contributed by atoms with Crippen molar-refractivity contribution in [3.8, 4) is 5.75 Å². The largest absolute Gasteiger partial charge is 0.492 e. The van der Waals surface area contributed by atoms with Gasteiger partial charge in [0.1, 0.15) is 11.6 Å². The van der Waals surface area contributed by atoms with Crippen molar-refractivity contribution in [2.45, 2.75) is 19.8 Å². The lowest BCUT2D eigenvalue weighted by atomic mass is 10.1. The van der Waals surface area contributed by atoms with Crippen LogP contribution in [0.5, 0.6) is 5.75 Å². The van der Waals surface area contributed by atoms with Crippen LogP contribution in [-0.2, 0) is 6.42 Å². The summed E-state index contributed by atoms with van der Waals surface area (Å²) in [6.07, 6.45) is 3.43. The number of para-hydroxylation sites is 2. The molecule has 28 heavy (non-hydrogen) atoms. The molecule has 3 rings (SSSR count). The van der Waals surface area contributed by atoms with Crippen molar-refractivity contribution in [2.75, 3.05) is 18.5 Å². The number of rotatable bonds is 9. The van der Waals surface area contributed by atoms with E-state index in [0.717, 1.165) is 24.3 Å². The molecule has 0 aliphatic carbocycles. The molecule has 0 aliphatic heterocycles. The molecule has 3 aromatic rings. The third kappa shape index (κ3) is 5.58. The standard InChI is InChI=1S/C23H25N3O2/c1-2-28-21-13-7-6-12-20(21)26-22-15-14-19(17-25-22)23(27)24-16-8-11-18-9-4-3-5-10-18/h3-7,9-10,12-15,17H,2,8,11,16H2,1H3,(H,24,27)(H,25,26). The number of carbonyl (C=O) groups excluding carboxylic acids is 1. The molecule has 0 saturated heterocycles. The highest BCUT2D eigenvalue weighted by atomic mass is 16.5. The maximum atomic E-state index is 12.3. The first kappa shape index (κ1) is 19.4. The van der Waals surface area contributed by atoms with Crippen molar-refractivity contribution in [1.29, 1.82) is 0 Å². The average molecular weight is 375 g/mol. The maximum Gasteiger partial charge on any atom is 0.252 e. The van der Waals surface area contributed by atoms with Crippen LogP contribution in [0.15, 0.2) is 72.9 Å². The summed E-state index contributed by atoms with van der Waals surface area (Å²) < 4.78 is 5.60. The van der Waals surface area contributed by atoms with E-state index in [9.17, 15) is 4.79 Å². The second-order valence-corrected chi connectivity index (χ2v) is 6.33. The van der Waals surface area contributed by atoms with Gasteiger partial charge in [-0.05, 0) is 49.6 Å². The summed E-state index contributed by atoms with van der Waals surface area (Å²) in [7, 11) is 0. The highest BCUT2D eigenvalue weighted by Gasteiger charge is 2.07. The number of hydrogen-bond donors (Lipinski definition) is 2. The van der Waals surface area contributed by atoms with E-state index in [-0.39, 0.29) is 5.91 Å². The van der Waals surface area contributed by atoms with Gasteiger partial charge in [0.2, 0.25) is 0 Å². The van der Waals surface area contributed by atoms with Crippen molar-refractivity contribution in [1.82, 2.24) is 10.3 Å². The fourth-order valence-electron chi connectivity index (χ4n) is 2.83. The van der Waals surface area contributed by atoms with E-state index in [2.05, 4.69) is 27.8 Å². The van der Waals surface area contributed by atoms with Gasteiger partial charge in [-0.3, -0.25) is 4.79 Å². The van der Waals surface area contributed by atoms with Crippen LogP contribution in [0.2, 0.25) is 0 Å². The molecular weight excluding hydrogens is 350 g/mol. The normalized spacial score (nSPS) is 10.3. The lowest BCUT2D eigenvalue weighted by molar-refractivity contribution is 0.0953. The number of aryl methyl sites for hydroxylation is 1. The predicted molar refractivity (Wildman–Crippen MR) is 112 cm³/mol. The first-order valence-electron chi connectivity index (χ1n) is 9.53. The zero-order chi connectivity index (χ0) is 19.6. The Morgan fingerprint density at radius 2 is 1.79 bits per heavy atom. The van der Waals surface area contributed by atoms with Crippen LogP contribution in [0.3, 0.4) is 0 Å². The first-order valence-corrected chi connectivity index (χ1v) is 9.53. The number of nitrogens with one attached hydrogen (secondary N) is 2. The SMILES string of the molecule is CCOc1ccccc1Nc1ccc(C(=O)NCCCc2ccccc2)cn1. The monoisotopic (exact) mass is 375 g/mol. The zero-order valence-electron chi connectivity index (χ0n) is 16.0. The molecule has 2 N–H and O–H groups in total. The Labute approximate surface area is 165 Å². The van der Waals surface area contributed by atoms with Crippen LogP contribution in [-0.4, -0.2) is 24.0 Å². The topological polar surface area (TPSA) is 63.2 Å². The molecule has 0 radical (unpaired) electrons. The summed E-state index contributed by atoms with van der Waals surface area (Å²) in [5.41, 5.74) is 2.67. The van der Waals surface area contributed by atoms with E-state index in [1.165, 1.54) is 5.56 Å². The number of anilines is 2. The number of nitrogens with zero attached hydrogens (tertiary/aromatic N) is 1. The van der Waals surface area contributed by atoms with E-state index >= 15 is 0 Å². The Bertz CT molecular complexity index is 880. The number of aromatic nitrogens is 1. The summed E-state index contributed by atoms with van der Waals surface area (Å²) in [6, 6.07) is 21.5. The number of benzene rings is 2. The van der Waals surface area contributed by atoms with Crippen molar-refractivity contribution >= 4 is 17.4 Å². The summed E-state index contributed by atoms with van der Waals surface area (Å²) in [6.45, 7) is 3.17. The molecule has 144 valence electrons. The highest BCUT2D eigenvalue weighted by molar-refractivity contribution is 5.94. The van der Waals surface area contributed by atoms with Crippen LogP contribution in [0.25, 0.3) is 0 Å². The van der Waals surface area contributed by atoms with Gasteiger partial charge in [0.05, 0.1) is 17.9 Å². The van der Waals surface area contributed by atoms with Crippen molar-refractivity contribution in [3.05, 3.63) is 84.1 Å². The molecule has 1 heterocycles. The van der Waals surface area contributed by atoms with Crippen molar-refractivity contribution < 1.29 is 9.53 Å². The lowest BCUT2D eigenvalue weighted by Crippen LogP contribution is -2.24. The third-order valence-corrected chi connectivity index (χ3v) is 4.25. The van der Waals surface area contributed by atoms with Crippen LogP contribution in [0.1, 0.15) is 29.3 Å². The minimum atomic E-state index is -0.109. The summed E-state index contributed by atoms with van der Waals surface area (Å²) in [4.78, 5) is 16.6. The van der Waals surface area contributed by atoms with E-state index < -0.39 is 0 Å². The molecule has 0 bridgehead atoms. The fourth-order valence-corrected chi connectivity index (χ4v) is 2.83. The Hall–Kier alpha value is -3.34. The van der Waals surface area contributed by atoms with Gasteiger partial charge in [0.25, 0.3) is 5.91 Å². The Kier molecular flexibility index (Phi) is 7.01. The average Bonchev–Trinajstić information content (AvgIpc) is 2.74. The number of hydrogen-bond acceptors (Lipinski definition) is 4. The quantitative estimate of drug-likeness (QED) is 0.537. The van der Waals surface area contributed by atoms with Gasteiger partial charge in [0.15, 0.2) is 0 Å². The first-order chi connectivity index (χ1) is 13.8. The van der Waals surface area contributed by atoms with Gasteiger partial charge >= 0.3 is 0 Å². The predicted octanol–water partition coefficient (Wildman–Crippen LogP) is 4.59. The van der Waals surface area contributed by atoms with E-state index in [4.69, 9.17) is 4.74 Å². The van der Waals surface area contributed by atoms with E-state index in [1.807, 2.05) is 49.4 Å². The summed E-state index contributed by atoms with van der Waals surface area (Å²) in [5.74, 6) is 1.32. The number of ether oxygens (including phenoxy) is 1. The lowest BCUT2D eigenvalue weighted by Gasteiger charge is -2.12. The van der Waals surface area contributed by atoms with Gasteiger partial charge in [-0.2, -0.15) is 0 Å². The molecule has 0 spiro atoms. The third-order valence-electron chi connectivity index (χ3n) is 4.25. The summed E-state index contributed by atoms with van der Waals surface area (Å²) >= 11 is 0. The van der Waals surface area contributed by atoms with E-state index in [1.54, 1.807) is 18.3 Å². The van der Waals surface area contributed by atoms with Crippen molar-refractivity contribution in [3.63, 3.8) is 0 Å². The van der Waals surface area contributed by atoms with Crippen molar-refractivity contribution in [2.24, 2.45) is 0 Å². The highest BCUT2D eigenvalue weighted by Crippen LogP contribution is 2.26. The molecule has 0 atom stereocenters. The molecule has 0 aliphatic rings. The minimum absolute atomic E-state index is 0.109. The Balaban J connectivity index is 1.50. The second-order valence-electron chi connectivity index (χ2n) is 6.33. The molecule has 1 aromatic heterocycles. The van der Waals surface area contributed by atoms with Gasteiger partial charge in [0, 0.05) is 12.7 Å². The number of pyridine rings is 1. The maximum absolute atomic E-state index is 12.3. The fraction of sp³-hybridized carbons (Fsp3) is 0.217. The molecule has 2 aromatic carbocycles. The molecule has 0 fully saturated rings. The van der Waals surface area contributed by atoms with Gasteiger partial charge in [-0.15, -0.1) is 0 Å². The van der Waals surface area contributed by atoms with Crippen LogP contribution < -0.4 is 15.4 Å². The Morgan fingerprint density at radius 3 is 2.54 bits per heavy atom. The van der Waals surface area contributed by atoms with E-state index in [0.29, 0.717) is 24.5 Å². The van der Waals surface area contributed by atoms with Crippen LogP contribution in [0, 0.1) is 0 Å². The van der Waals surface area contributed by atoms with Crippen LogP contribution >= 0.6 is 0 Å². The van der Waals surface area contributed by atoms with Crippen LogP contribution in [0.4, 0.5) is 11.5 Å². The molecule has 0 saturated carbocycles. The molecule has 0 unspecified atom stereocenters. The molecule has 5 nitrogen and oxygen atoms in total. The van der Waals surface area contributed by atoms with Gasteiger partial charge in [-0.25, -0.2) is 4.98 Å². The minimum Gasteiger partial charge on any atom is -0.492 e.